The number of aliphatic hydroxyl groups is 1. The Labute approximate surface area is 90.1 Å². The fourth-order valence-corrected chi connectivity index (χ4v) is 1.55. The molecule has 0 aliphatic carbocycles. The minimum absolute atomic E-state index is 0.0613. The third-order valence-corrected chi connectivity index (χ3v) is 2.45. The number of pyridine rings is 1. The van der Waals surface area contributed by atoms with Crippen LogP contribution in [0.3, 0.4) is 0 Å². The molecule has 0 bridgehead atoms. The number of nitrogens with two attached hydrogens (primary N) is 1. The van der Waals surface area contributed by atoms with E-state index in [1.165, 1.54) is 0 Å². The number of rotatable bonds is 6. The zero-order valence-electron chi connectivity index (χ0n) is 8.97. The first-order chi connectivity index (χ1) is 7.29. The Morgan fingerprint density at radius 3 is 2.93 bits per heavy atom. The molecule has 0 fully saturated rings. The van der Waals surface area contributed by atoms with Crippen LogP contribution in [0.2, 0.25) is 0 Å². The average Bonchev–Trinajstić information content (AvgIpc) is 2.29. The summed E-state index contributed by atoms with van der Waals surface area (Å²) in [6, 6.07) is 3.78. The Morgan fingerprint density at radius 2 is 2.40 bits per heavy atom. The molecular formula is C11H18N2O2. The van der Waals surface area contributed by atoms with Crippen molar-refractivity contribution in [1.29, 1.82) is 0 Å². The Kier molecular flexibility index (Phi) is 5.25. The van der Waals surface area contributed by atoms with Gasteiger partial charge in [-0.15, -0.1) is 0 Å². The summed E-state index contributed by atoms with van der Waals surface area (Å²) < 4.78 is 4.93. The third kappa shape index (κ3) is 3.58. The molecule has 0 aliphatic rings. The first-order valence-corrected chi connectivity index (χ1v) is 5.06. The predicted octanol–water partition coefficient (Wildman–Crippen LogP) is 0.521. The van der Waals surface area contributed by atoms with Gasteiger partial charge in [0.15, 0.2) is 0 Å². The molecule has 0 aliphatic heterocycles. The Bertz CT molecular complexity index is 267. The van der Waals surface area contributed by atoms with Crippen LogP contribution in [0, 0.1) is 0 Å². The molecule has 4 heteroatoms. The van der Waals surface area contributed by atoms with E-state index in [-0.39, 0.29) is 5.92 Å². The molecule has 0 aromatic carbocycles. The van der Waals surface area contributed by atoms with Gasteiger partial charge in [0.25, 0.3) is 0 Å². The largest absolute Gasteiger partial charge is 0.392 e. The molecule has 84 valence electrons. The number of methoxy groups -OCH3 is 1. The van der Waals surface area contributed by atoms with Crippen LogP contribution in [0.25, 0.3) is 0 Å². The van der Waals surface area contributed by atoms with Crippen molar-refractivity contribution in [3.63, 3.8) is 0 Å². The van der Waals surface area contributed by atoms with Gasteiger partial charge in [-0.2, -0.15) is 0 Å². The maximum absolute atomic E-state index is 9.91. The lowest BCUT2D eigenvalue weighted by Crippen LogP contribution is -2.27. The van der Waals surface area contributed by atoms with Crippen LogP contribution in [-0.2, 0) is 4.74 Å². The molecule has 1 aromatic heterocycles. The fourth-order valence-electron chi connectivity index (χ4n) is 1.55. The van der Waals surface area contributed by atoms with Crippen LogP contribution < -0.4 is 5.73 Å². The number of hydrogen-bond acceptors (Lipinski definition) is 4. The van der Waals surface area contributed by atoms with Gasteiger partial charge in [-0.25, -0.2) is 0 Å². The van der Waals surface area contributed by atoms with Gasteiger partial charge in [0.1, 0.15) is 0 Å². The molecule has 3 N–H and O–H groups in total. The minimum atomic E-state index is -0.473. The van der Waals surface area contributed by atoms with E-state index in [1.54, 1.807) is 19.5 Å². The molecule has 0 spiro atoms. The summed E-state index contributed by atoms with van der Waals surface area (Å²) in [6.07, 6.45) is 3.57. The summed E-state index contributed by atoms with van der Waals surface area (Å²) >= 11 is 0. The fraction of sp³-hybridized carbons (Fsp3) is 0.545. The van der Waals surface area contributed by atoms with E-state index in [9.17, 15) is 5.11 Å². The highest BCUT2D eigenvalue weighted by molar-refractivity contribution is 5.16. The van der Waals surface area contributed by atoms with E-state index in [1.807, 2.05) is 12.1 Å². The van der Waals surface area contributed by atoms with Crippen molar-refractivity contribution in [2.24, 2.45) is 5.73 Å². The highest BCUT2D eigenvalue weighted by Gasteiger charge is 2.19. The van der Waals surface area contributed by atoms with Crippen molar-refractivity contribution in [2.45, 2.75) is 18.4 Å². The molecule has 1 rings (SSSR count). The summed E-state index contributed by atoms with van der Waals surface area (Å²) in [7, 11) is 1.62. The van der Waals surface area contributed by atoms with Gasteiger partial charge in [0, 0.05) is 38.6 Å². The average molecular weight is 210 g/mol. The molecule has 2 unspecified atom stereocenters. The van der Waals surface area contributed by atoms with Crippen molar-refractivity contribution >= 4 is 0 Å². The molecule has 0 amide bonds. The first kappa shape index (κ1) is 12.1. The summed E-state index contributed by atoms with van der Waals surface area (Å²) in [5.41, 5.74) is 6.62. The van der Waals surface area contributed by atoms with E-state index in [4.69, 9.17) is 10.5 Å². The molecule has 2 atom stereocenters. The molecule has 0 saturated carbocycles. The third-order valence-electron chi connectivity index (χ3n) is 2.45. The standard InChI is InChI=1S/C11H18N2O2/c1-15-6-4-11(14)10(7-12)9-3-2-5-13-8-9/h2-3,5,8,10-11,14H,4,6-7,12H2,1H3. The molecule has 1 heterocycles. The van der Waals surface area contributed by atoms with E-state index in [0.29, 0.717) is 19.6 Å². The SMILES string of the molecule is COCCC(O)C(CN)c1cccnc1. The van der Waals surface area contributed by atoms with Crippen molar-refractivity contribution in [1.82, 2.24) is 4.98 Å². The molecule has 4 nitrogen and oxygen atoms in total. The van der Waals surface area contributed by atoms with E-state index < -0.39 is 6.10 Å². The smallest absolute Gasteiger partial charge is 0.0643 e. The van der Waals surface area contributed by atoms with Crippen molar-refractivity contribution < 1.29 is 9.84 Å². The highest BCUT2D eigenvalue weighted by atomic mass is 16.5. The van der Waals surface area contributed by atoms with Crippen LogP contribution in [0.15, 0.2) is 24.5 Å². The number of ether oxygens (including phenoxy) is 1. The van der Waals surface area contributed by atoms with Gasteiger partial charge in [-0.05, 0) is 18.1 Å². The van der Waals surface area contributed by atoms with Crippen molar-refractivity contribution in [3.8, 4) is 0 Å². The lowest BCUT2D eigenvalue weighted by Gasteiger charge is -2.21. The van der Waals surface area contributed by atoms with Gasteiger partial charge < -0.3 is 15.6 Å². The predicted molar refractivity (Wildman–Crippen MR) is 58.5 cm³/mol. The quantitative estimate of drug-likeness (QED) is 0.718. The minimum Gasteiger partial charge on any atom is -0.392 e. The van der Waals surface area contributed by atoms with Crippen molar-refractivity contribution in [3.05, 3.63) is 30.1 Å². The van der Waals surface area contributed by atoms with Gasteiger partial charge in [-0.1, -0.05) is 6.07 Å². The van der Waals surface area contributed by atoms with Gasteiger partial charge >= 0.3 is 0 Å². The second-order valence-corrected chi connectivity index (χ2v) is 3.48. The number of aromatic nitrogens is 1. The second-order valence-electron chi connectivity index (χ2n) is 3.48. The van der Waals surface area contributed by atoms with Crippen LogP contribution in [0.5, 0.6) is 0 Å². The number of nitrogens with zero attached hydrogens (tertiary/aromatic N) is 1. The zero-order valence-corrected chi connectivity index (χ0v) is 8.97. The van der Waals surface area contributed by atoms with Gasteiger partial charge in [0.2, 0.25) is 0 Å². The van der Waals surface area contributed by atoms with Crippen LogP contribution in [-0.4, -0.2) is 36.5 Å². The zero-order chi connectivity index (χ0) is 11.1. The van der Waals surface area contributed by atoms with E-state index >= 15 is 0 Å². The van der Waals surface area contributed by atoms with Crippen LogP contribution in [0.4, 0.5) is 0 Å². The summed E-state index contributed by atoms with van der Waals surface area (Å²) in [5.74, 6) is -0.0613. The highest BCUT2D eigenvalue weighted by Crippen LogP contribution is 2.19. The number of hydrogen-bond donors (Lipinski definition) is 2. The second kappa shape index (κ2) is 6.50. The van der Waals surface area contributed by atoms with Crippen LogP contribution >= 0.6 is 0 Å². The van der Waals surface area contributed by atoms with E-state index in [0.717, 1.165) is 5.56 Å². The Balaban J connectivity index is 2.63. The molecule has 15 heavy (non-hydrogen) atoms. The lowest BCUT2D eigenvalue weighted by molar-refractivity contribution is 0.0919. The topological polar surface area (TPSA) is 68.4 Å². The maximum atomic E-state index is 9.91. The van der Waals surface area contributed by atoms with Crippen molar-refractivity contribution in [2.75, 3.05) is 20.3 Å². The van der Waals surface area contributed by atoms with E-state index in [2.05, 4.69) is 4.98 Å². The summed E-state index contributed by atoms with van der Waals surface area (Å²) in [5, 5.41) is 9.91. The van der Waals surface area contributed by atoms with Crippen LogP contribution in [0.1, 0.15) is 17.9 Å². The number of aliphatic hydroxyl groups excluding tert-OH is 1. The molecule has 0 radical (unpaired) electrons. The molecule has 1 aromatic rings. The molecule has 0 saturated heterocycles. The van der Waals surface area contributed by atoms with Gasteiger partial charge in [-0.3, -0.25) is 4.98 Å². The van der Waals surface area contributed by atoms with Gasteiger partial charge in [0.05, 0.1) is 6.10 Å². The maximum Gasteiger partial charge on any atom is 0.0643 e. The molecular weight excluding hydrogens is 192 g/mol. The Morgan fingerprint density at radius 1 is 1.60 bits per heavy atom. The normalized spacial score (nSPS) is 14.9. The summed E-state index contributed by atoms with van der Waals surface area (Å²) in [4.78, 5) is 4.02. The monoisotopic (exact) mass is 210 g/mol. The lowest BCUT2D eigenvalue weighted by atomic mass is 9.93. The first-order valence-electron chi connectivity index (χ1n) is 5.06. The Hall–Kier alpha value is -0.970. The summed E-state index contributed by atoms with van der Waals surface area (Å²) in [6.45, 7) is 0.953.